The van der Waals surface area contributed by atoms with Gasteiger partial charge in [-0.05, 0) is 83.5 Å². The van der Waals surface area contributed by atoms with E-state index in [-0.39, 0.29) is 38.0 Å². The number of esters is 3. The van der Waals surface area contributed by atoms with E-state index >= 15 is 0 Å². The van der Waals surface area contributed by atoms with E-state index in [2.05, 4.69) is 93.7 Å². The molecule has 1 unspecified atom stereocenters. The third-order valence-corrected chi connectivity index (χ3v) is 9.31. The summed E-state index contributed by atoms with van der Waals surface area (Å²) in [5, 5.41) is 0. The molecule has 0 fully saturated rings. The Bertz CT molecular complexity index is 1380. The van der Waals surface area contributed by atoms with Gasteiger partial charge in [-0.3, -0.25) is 14.4 Å². The Morgan fingerprint density at radius 2 is 0.721 bits per heavy atom. The molecule has 0 amide bonds. The molecule has 0 aromatic rings. The molecular weight excluding hydrogens is 757 g/mol. The highest BCUT2D eigenvalue weighted by atomic mass is 16.6. The van der Waals surface area contributed by atoms with Crippen molar-refractivity contribution < 1.29 is 28.6 Å². The van der Waals surface area contributed by atoms with Crippen LogP contribution in [0.15, 0.2) is 134 Å². The number of carbonyl (C=O) groups excluding carboxylic acids is 3. The van der Waals surface area contributed by atoms with Gasteiger partial charge in [0, 0.05) is 19.3 Å². The quantitative estimate of drug-likeness (QED) is 0.0201. The molecule has 0 spiro atoms. The van der Waals surface area contributed by atoms with Crippen LogP contribution in [0.1, 0.15) is 175 Å². The van der Waals surface area contributed by atoms with Crippen LogP contribution in [0.5, 0.6) is 0 Å². The minimum absolute atomic E-state index is 0.139. The summed E-state index contributed by atoms with van der Waals surface area (Å²) in [6.07, 6.45) is 67.4. The summed E-state index contributed by atoms with van der Waals surface area (Å²) >= 11 is 0. The topological polar surface area (TPSA) is 78.9 Å². The van der Waals surface area contributed by atoms with E-state index in [1.165, 1.54) is 44.9 Å². The second kappa shape index (κ2) is 48.2. The van der Waals surface area contributed by atoms with Crippen LogP contribution in [0.25, 0.3) is 0 Å². The lowest BCUT2D eigenvalue weighted by molar-refractivity contribution is -0.167. The van der Waals surface area contributed by atoms with Gasteiger partial charge in [0.05, 0.1) is 0 Å². The van der Waals surface area contributed by atoms with Crippen molar-refractivity contribution in [1.29, 1.82) is 0 Å². The van der Waals surface area contributed by atoms with Crippen LogP contribution in [0, 0.1) is 0 Å². The molecule has 340 valence electrons. The third kappa shape index (κ3) is 46.5. The molecule has 0 aliphatic carbocycles. The molecular formula is C55H84O6. The molecule has 61 heavy (non-hydrogen) atoms. The number of hydrogen-bond acceptors (Lipinski definition) is 6. The summed E-state index contributed by atoms with van der Waals surface area (Å²) in [5.41, 5.74) is 0. The summed E-state index contributed by atoms with van der Waals surface area (Å²) < 4.78 is 16.6. The molecule has 0 saturated heterocycles. The van der Waals surface area contributed by atoms with E-state index in [1.807, 2.05) is 60.8 Å². The summed E-state index contributed by atoms with van der Waals surface area (Å²) in [6, 6.07) is 0. The van der Waals surface area contributed by atoms with Crippen molar-refractivity contribution in [3.63, 3.8) is 0 Å². The van der Waals surface area contributed by atoms with Gasteiger partial charge in [0.2, 0.25) is 0 Å². The largest absolute Gasteiger partial charge is 0.462 e. The first-order valence-corrected chi connectivity index (χ1v) is 23.8. The fraction of sp³-hybridized carbons (Fsp3) is 0.545. The lowest BCUT2D eigenvalue weighted by atomic mass is 10.1. The van der Waals surface area contributed by atoms with Gasteiger partial charge in [-0.2, -0.15) is 0 Å². The van der Waals surface area contributed by atoms with Crippen LogP contribution in [0.4, 0.5) is 0 Å². The highest BCUT2D eigenvalue weighted by Crippen LogP contribution is 2.11. The van der Waals surface area contributed by atoms with Crippen molar-refractivity contribution in [2.45, 2.75) is 181 Å². The monoisotopic (exact) mass is 841 g/mol. The lowest BCUT2D eigenvalue weighted by Gasteiger charge is -2.18. The van der Waals surface area contributed by atoms with Crippen LogP contribution >= 0.6 is 0 Å². The van der Waals surface area contributed by atoms with Crippen molar-refractivity contribution in [1.82, 2.24) is 0 Å². The maximum atomic E-state index is 12.7. The van der Waals surface area contributed by atoms with Gasteiger partial charge in [-0.15, -0.1) is 0 Å². The number of hydrogen-bond donors (Lipinski definition) is 0. The zero-order chi connectivity index (χ0) is 44.4. The second-order valence-corrected chi connectivity index (χ2v) is 15.1. The predicted octanol–water partition coefficient (Wildman–Crippen LogP) is 15.5. The lowest BCUT2D eigenvalue weighted by Crippen LogP contribution is -2.30. The molecule has 0 saturated carbocycles. The van der Waals surface area contributed by atoms with Gasteiger partial charge in [0.25, 0.3) is 0 Å². The number of unbranched alkanes of at least 4 members (excludes halogenated alkanes) is 13. The predicted molar refractivity (Wildman–Crippen MR) is 260 cm³/mol. The van der Waals surface area contributed by atoms with Crippen molar-refractivity contribution in [3.05, 3.63) is 134 Å². The van der Waals surface area contributed by atoms with E-state index in [0.717, 1.165) is 70.6 Å². The highest BCUT2D eigenvalue weighted by Gasteiger charge is 2.19. The Balaban J connectivity index is 4.62. The van der Waals surface area contributed by atoms with Crippen molar-refractivity contribution >= 4 is 17.9 Å². The van der Waals surface area contributed by atoms with E-state index in [9.17, 15) is 14.4 Å². The van der Waals surface area contributed by atoms with Crippen LogP contribution < -0.4 is 0 Å². The van der Waals surface area contributed by atoms with Gasteiger partial charge in [0.1, 0.15) is 13.2 Å². The fourth-order valence-corrected chi connectivity index (χ4v) is 5.78. The van der Waals surface area contributed by atoms with Crippen LogP contribution in [0.2, 0.25) is 0 Å². The molecule has 0 heterocycles. The Labute approximate surface area is 373 Å². The summed E-state index contributed by atoms with van der Waals surface area (Å²) in [6.45, 7) is 6.19. The Morgan fingerprint density at radius 1 is 0.361 bits per heavy atom. The number of carbonyl (C=O) groups is 3. The zero-order valence-electron chi connectivity index (χ0n) is 38.6. The third-order valence-electron chi connectivity index (χ3n) is 9.31. The Morgan fingerprint density at radius 3 is 1.23 bits per heavy atom. The Kier molecular flexibility index (Phi) is 44.7. The standard InChI is InChI=1S/C55H84O6/c1-4-7-10-13-16-19-22-25-26-27-28-31-33-36-39-42-45-48-54(57)60-51-52(61-55(58)49-46-43-40-37-34-30-24-21-18-15-12-9-6-3)50-59-53(56)47-44-41-38-35-32-29-23-20-17-14-11-8-5-2/h8-9,11-12,14-15,17-18,20-21,23-26,28,30-31,34,36-37,39-40,52H,4-7,10,13,16,19,22,27,29,32-33,35,38,41-51H2,1-3H3/b11-8-,12-9-,17-14-,18-15-,23-20-,24-21-,26-25-,31-28-,34-30-,39-36-,40-37-. The van der Waals surface area contributed by atoms with Gasteiger partial charge in [-0.25, -0.2) is 0 Å². The van der Waals surface area contributed by atoms with E-state index in [0.29, 0.717) is 25.7 Å². The molecule has 0 rings (SSSR count). The van der Waals surface area contributed by atoms with Crippen LogP contribution in [0.3, 0.4) is 0 Å². The molecule has 6 nitrogen and oxygen atoms in total. The Hall–Kier alpha value is -4.45. The second-order valence-electron chi connectivity index (χ2n) is 15.1. The molecule has 0 aliphatic heterocycles. The number of rotatable bonds is 40. The number of ether oxygens (including phenoxy) is 3. The fourth-order valence-electron chi connectivity index (χ4n) is 5.78. The summed E-state index contributed by atoms with van der Waals surface area (Å²) in [5.74, 6) is -1.10. The molecule has 0 aromatic heterocycles. The van der Waals surface area contributed by atoms with E-state index < -0.39 is 12.1 Å². The van der Waals surface area contributed by atoms with Crippen LogP contribution in [-0.4, -0.2) is 37.2 Å². The smallest absolute Gasteiger partial charge is 0.306 e. The molecule has 0 radical (unpaired) electrons. The van der Waals surface area contributed by atoms with Gasteiger partial charge in [0.15, 0.2) is 6.10 Å². The molecule has 6 heteroatoms. The first-order chi connectivity index (χ1) is 30.0. The minimum atomic E-state index is -0.847. The summed E-state index contributed by atoms with van der Waals surface area (Å²) in [4.78, 5) is 37.8. The maximum Gasteiger partial charge on any atom is 0.306 e. The first kappa shape index (κ1) is 56.5. The molecule has 0 bridgehead atoms. The molecule has 0 aromatic carbocycles. The average Bonchev–Trinajstić information content (AvgIpc) is 3.26. The SMILES string of the molecule is CC\C=C/C=C\C=C/C=C\C=C/CCCC(=O)OC(COC(=O)CCC/C=C\C/C=C\C/C=C\CCCCCCCC)COC(=O)CCCCCCC\C=C/C=C\C=C/CC. The van der Waals surface area contributed by atoms with Gasteiger partial charge in [-0.1, -0.05) is 206 Å². The minimum Gasteiger partial charge on any atom is -0.462 e. The normalized spacial score (nSPS) is 13.3. The number of allylic oxidation sites excluding steroid dienone is 22. The van der Waals surface area contributed by atoms with Gasteiger partial charge >= 0.3 is 17.9 Å². The first-order valence-electron chi connectivity index (χ1n) is 23.8. The molecule has 0 aliphatic rings. The maximum absolute atomic E-state index is 12.7. The average molecular weight is 841 g/mol. The van der Waals surface area contributed by atoms with Crippen molar-refractivity contribution in [2.24, 2.45) is 0 Å². The van der Waals surface area contributed by atoms with E-state index in [4.69, 9.17) is 14.2 Å². The molecule has 1 atom stereocenters. The van der Waals surface area contributed by atoms with Crippen molar-refractivity contribution in [3.8, 4) is 0 Å². The van der Waals surface area contributed by atoms with Crippen molar-refractivity contribution in [2.75, 3.05) is 13.2 Å². The highest BCUT2D eigenvalue weighted by molar-refractivity contribution is 5.71. The van der Waals surface area contributed by atoms with Gasteiger partial charge < -0.3 is 14.2 Å². The zero-order valence-corrected chi connectivity index (χ0v) is 38.6. The summed E-state index contributed by atoms with van der Waals surface area (Å²) in [7, 11) is 0. The van der Waals surface area contributed by atoms with E-state index in [1.54, 1.807) is 0 Å². The van der Waals surface area contributed by atoms with Crippen LogP contribution in [-0.2, 0) is 28.6 Å². The molecule has 0 N–H and O–H groups in total.